The summed E-state index contributed by atoms with van der Waals surface area (Å²) in [4.78, 5) is 37.2. The van der Waals surface area contributed by atoms with Crippen molar-refractivity contribution in [3.8, 4) is 0 Å². The largest absolute Gasteiger partial charge is 0.455 e. The fourth-order valence-electron chi connectivity index (χ4n) is 3.36. The fraction of sp³-hybridized carbons (Fsp3) is 0.857. The quantitative estimate of drug-likeness (QED) is 0.124. The highest BCUT2D eigenvalue weighted by Gasteiger charge is 2.55. The van der Waals surface area contributed by atoms with Crippen LogP contribution in [0.3, 0.4) is 0 Å². The molecule has 0 bridgehead atoms. The predicted molar refractivity (Wildman–Crippen MR) is 134 cm³/mol. The highest BCUT2D eigenvalue weighted by molar-refractivity contribution is 7.91. The Labute approximate surface area is 227 Å². The molecule has 1 saturated carbocycles. The first-order chi connectivity index (χ1) is 17.9. The Morgan fingerprint density at radius 3 is 1.03 bits per heavy atom. The van der Waals surface area contributed by atoms with Gasteiger partial charge in [0.25, 0.3) is 0 Å². The van der Waals surface area contributed by atoms with E-state index in [4.69, 9.17) is 14.2 Å². The van der Waals surface area contributed by atoms with Crippen LogP contribution in [-0.2, 0) is 58.1 Å². The SMILES string of the molecule is CCS(=O)(=O)CCC(=O)O[C@H]1[C@H](OC(=O)CCS(=O)(=O)CC)[C@H](O)[C@H](O)[C@@H](O)[C@@H]1OC(=O)CCS(=O)(=O)CC. The number of sulfone groups is 3. The van der Waals surface area contributed by atoms with Crippen LogP contribution in [0.15, 0.2) is 0 Å². The number of hydrogen-bond donors (Lipinski definition) is 3. The molecule has 3 N–H and O–H groups in total. The first-order valence-electron chi connectivity index (χ1n) is 12.1. The van der Waals surface area contributed by atoms with Crippen LogP contribution in [0, 0.1) is 0 Å². The van der Waals surface area contributed by atoms with Crippen molar-refractivity contribution in [3.05, 3.63) is 0 Å². The number of esters is 3. The highest BCUT2D eigenvalue weighted by atomic mass is 32.2. The Bertz CT molecular complexity index is 1110. The van der Waals surface area contributed by atoms with Gasteiger partial charge in [0.2, 0.25) is 0 Å². The molecule has 0 spiro atoms. The molecule has 1 fully saturated rings. The maximum Gasteiger partial charge on any atom is 0.307 e. The Morgan fingerprint density at radius 2 is 0.769 bits per heavy atom. The summed E-state index contributed by atoms with van der Waals surface area (Å²) in [6.07, 6.45) is -14.4. The van der Waals surface area contributed by atoms with E-state index in [1.807, 2.05) is 0 Å². The van der Waals surface area contributed by atoms with Crippen molar-refractivity contribution in [2.75, 3.05) is 34.5 Å². The highest BCUT2D eigenvalue weighted by Crippen LogP contribution is 2.29. The normalized spacial score (nSPS) is 26.0. The van der Waals surface area contributed by atoms with Gasteiger partial charge in [-0.05, 0) is 0 Å². The molecule has 39 heavy (non-hydrogen) atoms. The molecule has 0 heterocycles. The maximum atomic E-state index is 12.5. The van der Waals surface area contributed by atoms with Gasteiger partial charge >= 0.3 is 17.9 Å². The third kappa shape index (κ3) is 11.3. The van der Waals surface area contributed by atoms with Gasteiger partial charge in [-0.25, -0.2) is 25.3 Å². The predicted octanol–water partition coefficient (Wildman–Crippen LogP) is -2.71. The summed E-state index contributed by atoms with van der Waals surface area (Å²) in [6, 6.07) is 0. The minimum atomic E-state index is -3.62. The first-order valence-corrected chi connectivity index (χ1v) is 17.6. The van der Waals surface area contributed by atoms with Gasteiger partial charge in [-0.2, -0.15) is 0 Å². The van der Waals surface area contributed by atoms with Gasteiger partial charge in [-0.3, -0.25) is 14.4 Å². The van der Waals surface area contributed by atoms with Crippen molar-refractivity contribution in [3.63, 3.8) is 0 Å². The van der Waals surface area contributed by atoms with E-state index < -0.39 is 121 Å². The molecule has 1 aliphatic rings. The zero-order valence-electron chi connectivity index (χ0n) is 21.8. The summed E-state index contributed by atoms with van der Waals surface area (Å²) >= 11 is 0. The second-order valence-electron chi connectivity index (χ2n) is 8.79. The molecule has 1 aliphatic carbocycles. The summed E-state index contributed by atoms with van der Waals surface area (Å²) in [5.74, 6) is -6.33. The molecule has 0 aromatic rings. The smallest absolute Gasteiger partial charge is 0.307 e. The molecule has 1 rings (SSSR count). The molecule has 18 heteroatoms. The molecule has 0 aromatic carbocycles. The molecule has 0 saturated heterocycles. The minimum absolute atomic E-state index is 0.274. The topological polar surface area (TPSA) is 242 Å². The van der Waals surface area contributed by atoms with Crippen LogP contribution < -0.4 is 0 Å². The van der Waals surface area contributed by atoms with Crippen LogP contribution in [0.4, 0.5) is 0 Å². The van der Waals surface area contributed by atoms with Crippen LogP contribution in [-0.4, -0.2) is 130 Å². The first kappa shape index (κ1) is 35.2. The molecule has 0 unspecified atom stereocenters. The number of rotatable bonds is 15. The van der Waals surface area contributed by atoms with E-state index in [-0.39, 0.29) is 17.3 Å². The van der Waals surface area contributed by atoms with Crippen molar-refractivity contribution < 1.29 is 69.2 Å². The summed E-state index contributed by atoms with van der Waals surface area (Å²) in [6.45, 7) is 4.04. The van der Waals surface area contributed by atoms with Gasteiger partial charge < -0.3 is 29.5 Å². The number of hydrogen-bond acceptors (Lipinski definition) is 15. The lowest BCUT2D eigenvalue weighted by Crippen LogP contribution is -2.66. The molecular formula is C21H36O15S3. The molecule has 0 aliphatic heterocycles. The number of aliphatic hydroxyl groups is 3. The van der Waals surface area contributed by atoms with Crippen molar-refractivity contribution in [1.29, 1.82) is 0 Å². The van der Waals surface area contributed by atoms with E-state index in [0.29, 0.717) is 0 Å². The lowest BCUT2D eigenvalue weighted by atomic mass is 9.84. The van der Waals surface area contributed by atoms with Crippen LogP contribution >= 0.6 is 0 Å². The van der Waals surface area contributed by atoms with Crippen molar-refractivity contribution >= 4 is 47.4 Å². The second-order valence-corrected chi connectivity index (χ2v) is 16.2. The third-order valence-corrected chi connectivity index (χ3v) is 11.1. The number of ether oxygens (including phenoxy) is 3. The molecular weight excluding hydrogens is 588 g/mol. The average Bonchev–Trinajstić information content (AvgIpc) is 2.88. The van der Waals surface area contributed by atoms with E-state index >= 15 is 0 Å². The van der Waals surface area contributed by atoms with Crippen LogP contribution in [0.2, 0.25) is 0 Å². The monoisotopic (exact) mass is 624 g/mol. The van der Waals surface area contributed by atoms with Gasteiger partial charge in [0.05, 0.1) is 36.5 Å². The number of aliphatic hydroxyl groups excluding tert-OH is 3. The zero-order valence-corrected chi connectivity index (χ0v) is 24.2. The van der Waals surface area contributed by atoms with Gasteiger partial charge in [-0.1, -0.05) is 20.8 Å². The average molecular weight is 625 g/mol. The Balaban J connectivity index is 3.25. The van der Waals surface area contributed by atoms with Crippen molar-refractivity contribution in [1.82, 2.24) is 0 Å². The molecule has 0 radical (unpaired) electrons. The van der Waals surface area contributed by atoms with E-state index in [2.05, 4.69) is 0 Å². The summed E-state index contributed by atoms with van der Waals surface area (Å²) in [5.41, 5.74) is 0. The van der Waals surface area contributed by atoms with E-state index in [9.17, 15) is 55.0 Å². The summed E-state index contributed by atoms with van der Waals surface area (Å²) in [7, 11) is -10.8. The van der Waals surface area contributed by atoms with Gasteiger partial charge in [0.15, 0.2) is 47.8 Å². The Morgan fingerprint density at radius 1 is 0.513 bits per heavy atom. The van der Waals surface area contributed by atoms with Gasteiger partial charge in [0.1, 0.15) is 18.3 Å². The second kappa shape index (κ2) is 14.7. The van der Waals surface area contributed by atoms with Crippen LogP contribution in [0.25, 0.3) is 0 Å². The lowest BCUT2D eigenvalue weighted by molar-refractivity contribution is -0.247. The maximum absolute atomic E-state index is 12.5. The molecule has 6 atom stereocenters. The van der Waals surface area contributed by atoms with Crippen molar-refractivity contribution in [2.24, 2.45) is 0 Å². The molecule has 0 amide bonds. The number of carbonyl (C=O) groups is 3. The summed E-state index contributed by atoms with van der Waals surface area (Å²) in [5, 5.41) is 31.3. The lowest BCUT2D eigenvalue weighted by Gasteiger charge is -2.44. The van der Waals surface area contributed by atoms with Gasteiger partial charge in [-0.15, -0.1) is 0 Å². The number of carbonyl (C=O) groups excluding carboxylic acids is 3. The Kier molecular flexibility index (Phi) is 13.2. The Hall–Kier alpha value is -1.86. The summed E-state index contributed by atoms with van der Waals surface area (Å²) < 4.78 is 85.7. The van der Waals surface area contributed by atoms with Crippen LogP contribution in [0.5, 0.6) is 0 Å². The van der Waals surface area contributed by atoms with Gasteiger partial charge in [0, 0.05) is 17.3 Å². The van der Waals surface area contributed by atoms with Crippen LogP contribution in [0.1, 0.15) is 40.0 Å². The third-order valence-electron chi connectivity index (χ3n) is 5.99. The van der Waals surface area contributed by atoms with E-state index in [1.165, 1.54) is 20.8 Å². The molecule has 228 valence electrons. The standard InChI is InChI=1S/C21H36O15S3/c1-4-37(28,29)10-7-13(22)34-19-17(26)16(25)18(27)20(35-14(23)8-11-38(30,31)5-2)21(19)36-15(24)9-12-39(32,33)6-3/h16-21,25-27H,4-12H2,1-3H3/t16-,17-,18-,19+,20-,21-/m1/s1. The molecule has 15 nitrogen and oxygen atoms in total. The van der Waals surface area contributed by atoms with E-state index in [0.717, 1.165) is 0 Å². The fourth-order valence-corrected chi connectivity index (χ4v) is 5.65. The van der Waals surface area contributed by atoms with E-state index in [1.54, 1.807) is 0 Å². The zero-order chi connectivity index (χ0) is 30.2. The minimum Gasteiger partial charge on any atom is -0.455 e. The molecule has 0 aromatic heterocycles. The van der Waals surface area contributed by atoms with Crippen molar-refractivity contribution in [2.45, 2.75) is 76.7 Å².